The van der Waals surface area contributed by atoms with Crippen molar-refractivity contribution in [2.24, 2.45) is 0 Å². The van der Waals surface area contributed by atoms with Crippen molar-refractivity contribution in [3.63, 3.8) is 0 Å². The van der Waals surface area contributed by atoms with E-state index in [4.69, 9.17) is 11.6 Å². The highest BCUT2D eigenvalue weighted by Gasteiger charge is 2.18. The van der Waals surface area contributed by atoms with E-state index >= 15 is 0 Å². The van der Waals surface area contributed by atoms with Gasteiger partial charge in [-0.3, -0.25) is 14.3 Å². The highest BCUT2D eigenvalue weighted by atomic mass is 35.5. The lowest BCUT2D eigenvalue weighted by atomic mass is 10.2. The molecule has 1 aliphatic rings. The van der Waals surface area contributed by atoms with Gasteiger partial charge < -0.3 is 0 Å². The molecule has 0 amide bonds. The minimum atomic E-state index is -0.404. The summed E-state index contributed by atoms with van der Waals surface area (Å²) in [5.74, 6) is 3.21. The first kappa shape index (κ1) is 14.1. The minimum absolute atomic E-state index is 0.175. The molecule has 100 valence electrons. The fourth-order valence-electron chi connectivity index (χ4n) is 1.90. The Morgan fingerprint density at radius 3 is 2.83 bits per heavy atom. The van der Waals surface area contributed by atoms with Gasteiger partial charge in [-0.25, -0.2) is 4.79 Å². The van der Waals surface area contributed by atoms with Gasteiger partial charge in [0.15, 0.2) is 0 Å². The molecule has 18 heavy (non-hydrogen) atoms. The molecule has 0 spiro atoms. The zero-order valence-electron chi connectivity index (χ0n) is 10.1. The zero-order valence-corrected chi connectivity index (χ0v) is 12.5. The number of H-pyrrole nitrogens is 1. The fourth-order valence-corrected chi connectivity index (χ4v) is 4.85. The van der Waals surface area contributed by atoms with Gasteiger partial charge in [0.2, 0.25) is 0 Å². The van der Waals surface area contributed by atoms with Crippen LogP contribution in [-0.4, -0.2) is 32.1 Å². The molecule has 1 aliphatic heterocycles. The molecule has 0 aromatic carbocycles. The van der Waals surface area contributed by atoms with E-state index in [-0.39, 0.29) is 10.7 Å². The molecular formula is C11H15ClN2O2S2. The third-order valence-corrected chi connectivity index (χ3v) is 6.00. The molecule has 2 heterocycles. The maximum absolute atomic E-state index is 12.2. The van der Waals surface area contributed by atoms with E-state index in [0.29, 0.717) is 23.8 Å². The molecule has 1 fully saturated rings. The Labute approximate surface area is 119 Å². The topological polar surface area (TPSA) is 54.9 Å². The summed E-state index contributed by atoms with van der Waals surface area (Å²) in [6.07, 6.45) is 0.529. The van der Waals surface area contributed by atoms with Gasteiger partial charge in [0.05, 0.1) is 5.56 Å². The van der Waals surface area contributed by atoms with Crippen molar-refractivity contribution < 1.29 is 0 Å². The van der Waals surface area contributed by atoms with Gasteiger partial charge in [-0.05, 0) is 6.42 Å². The average Bonchev–Trinajstić information content (AvgIpc) is 2.36. The van der Waals surface area contributed by atoms with Gasteiger partial charge in [-0.15, -0.1) is 0 Å². The third-order valence-electron chi connectivity index (χ3n) is 2.85. The lowest BCUT2D eigenvalue weighted by Gasteiger charge is -2.21. The largest absolute Gasteiger partial charge is 0.329 e. The van der Waals surface area contributed by atoms with Gasteiger partial charge in [0.25, 0.3) is 5.56 Å². The van der Waals surface area contributed by atoms with Crippen LogP contribution in [0.15, 0.2) is 9.59 Å². The Balaban J connectivity index is 2.32. The Morgan fingerprint density at radius 2 is 2.22 bits per heavy atom. The van der Waals surface area contributed by atoms with Crippen LogP contribution in [0.3, 0.4) is 0 Å². The predicted molar refractivity (Wildman–Crippen MR) is 79.3 cm³/mol. The van der Waals surface area contributed by atoms with E-state index in [1.54, 1.807) is 0 Å². The first-order valence-electron chi connectivity index (χ1n) is 5.84. The molecular weight excluding hydrogens is 292 g/mol. The standard InChI is InChI=1S/C11H15ClN2O2S2/c1-2-8-9(12)13-11(16)14(10(8)15)5-7-6-17-3-4-18-7/h7H,2-6H2,1H3,(H,13,16). The number of rotatable bonds is 3. The van der Waals surface area contributed by atoms with E-state index in [2.05, 4.69) is 4.98 Å². The summed E-state index contributed by atoms with van der Waals surface area (Å²) in [5.41, 5.74) is -0.162. The Morgan fingerprint density at radius 1 is 1.44 bits per heavy atom. The van der Waals surface area contributed by atoms with Gasteiger partial charge in [0.1, 0.15) is 5.15 Å². The van der Waals surface area contributed by atoms with Gasteiger partial charge in [-0.1, -0.05) is 18.5 Å². The van der Waals surface area contributed by atoms with Crippen LogP contribution < -0.4 is 11.2 Å². The molecule has 1 aromatic heterocycles. The number of hydrogen-bond donors (Lipinski definition) is 1. The second kappa shape index (κ2) is 6.21. The predicted octanol–water partition coefficient (Wildman–Crippen LogP) is 1.60. The molecule has 1 atom stereocenters. The number of nitrogens with one attached hydrogen (secondary N) is 1. The summed E-state index contributed by atoms with van der Waals surface area (Å²) in [5, 5.41) is 0.503. The maximum Gasteiger partial charge on any atom is 0.329 e. The summed E-state index contributed by atoms with van der Waals surface area (Å²) in [4.78, 5) is 26.5. The quantitative estimate of drug-likeness (QED) is 0.862. The number of thioether (sulfide) groups is 2. The summed E-state index contributed by atoms with van der Waals surface area (Å²) < 4.78 is 1.29. The first-order chi connectivity index (χ1) is 8.63. The Hall–Kier alpha value is -0.330. The first-order valence-corrected chi connectivity index (χ1v) is 8.42. The smallest absolute Gasteiger partial charge is 0.297 e. The van der Waals surface area contributed by atoms with E-state index in [9.17, 15) is 9.59 Å². The summed E-state index contributed by atoms with van der Waals surface area (Å²) in [6, 6.07) is 0. The van der Waals surface area contributed by atoms with Crippen LogP contribution in [0.1, 0.15) is 12.5 Å². The van der Waals surface area contributed by atoms with Crippen molar-refractivity contribution >= 4 is 35.1 Å². The molecule has 4 nitrogen and oxygen atoms in total. The monoisotopic (exact) mass is 306 g/mol. The maximum atomic E-state index is 12.2. The molecule has 0 aliphatic carbocycles. The van der Waals surface area contributed by atoms with Gasteiger partial charge >= 0.3 is 5.69 Å². The molecule has 0 radical (unpaired) electrons. The van der Waals surface area contributed by atoms with E-state index in [0.717, 1.165) is 17.3 Å². The van der Waals surface area contributed by atoms with Gasteiger partial charge in [-0.2, -0.15) is 23.5 Å². The molecule has 0 saturated carbocycles. The van der Waals surface area contributed by atoms with Crippen LogP contribution in [-0.2, 0) is 13.0 Å². The summed E-state index contributed by atoms with van der Waals surface area (Å²) >= 11 is 9.57. The molecule has 1 saturated heterocycles. The minimum Gasteiger partial charge on any atom is -0.297 e. The molecule has 7 heteroatoms. The highest BCUT2D eigenvalue weighted by Crippen LogP contribution is 2.24. The van der Waals surface area contributed by atoms with Crippen LogP contribution >= 0.6 is 35.1 Å². The molecule has 1 N–H and O–H groups in total. The number of aromatic amines is 1. The van der Waals surface area contributed by atoms with Crippen LogP contribution in [0.4, 0.5) is 0 Å². The van der Waals surface area contributed by atoms with Crippen molar-refractivity contribution in [3.8, 4) is 0 Å². The molecule has 1 unspecified atom stereocenters. The average molecular weight is 307 g/mol. The molecule has 0 bridgehead atoms. The SMILES string of the molecule is CCc1c(Cl)[nH]c(=O)n(CC2CSCCS2)c1=O. The lowest BCUT2D eigenvalue weighted by molar-refractivity contribution is 0.619. The van der Waals surface area contributed by atoms with E-state index in [1.165, 1.54) is 4.57 Å². The van der Waals surface area contributed by atoms with Crippen molar-refractivity contribution in [1.29, 1.82) is 0 Å². The lowest BCUT2D eigenvalue weighted by Crippen LogP contribution is -2.40. The Bertz CT molecular complexity index is 535. The zero-order chi connectivity index (χ0) is 13.1. The van der Waals surface area contributed by atoms with Crippen molar-refractivity contribution in [1.82, 2.24) is 9.55 Å². The second-order valence-corrected chi connectivity index (χ2v) is 7.00. The van der Waals surface area contributed by atoms with E-state index in [1.807, 2.05) is 30.4 Å². The van der Waals surface area contributed by atoms with Crippen LogP contribution in [0.25, 0.3) is 0 Å². The number of nitrogens with zero attached hydrogens (tertiary/aromatic N) is 1. The fraction of sp³-hybridized carbons (Fsp3) is 0.636. The normalized spacial score (nSPS) is 20.0. The second-order valence-electron chi connectivity index (χ2n) is 4.06. The summed E-state index contributed by atoms with van der Waals surface area (Å²) in [7, 11) is 0. The van der Waals surface area contributed by atoms with Crippen molar-refractivity contribution in [3.05, 3.63) is 31.6 Å². The Kier molecular flexibility index (Phi) is 4.86. The van der Waals surface area contributed by atoms with Crippen molar-refractivity contribution in [2.45, 2.75) is 25.1 Å². The van der Waals surface area contributed by atoms with Crippen LogP contribution in [0.2, 0.25) is 5.15 Å². The summed E-state index contributed by atoms with van der Waals surface area (Å²) in [6.45, 7) is 2.33. The van der Waals surface area contributed by atoms with Crippen molar-refractivity contribution in [2.75, 3.05) is 17.3 Å². The number of halogens is 1. The highest BCUT2D eigenvalue weighted by molar-refractivity contribution is 8.06. The van der Waals surface area contributed by atoms with Crippen LogP contribution in [0, 0.1) is 0 Å². The molecule has 1 aromatic rings. The van der Waals surface area contributed by atoms with Gasteiger partial charge in [0, 0.05) is 29.1 Å². The number of aromatic nitrogens is 2. The number of hydrogen-bond acceptors (Lipinski definition) is 4. The third kappa shape index (κ3) is 2.97. The van der Waals surface area contributed by atoms with E-state index < -0.39 is 5.69 Å². The molecule has 2 rings (SSSR count). The van der Waals surface area contributed by atoms with Crippen LogP contribution in [0.5, 0.6) is 0 Å².